The summed E-state index contributed by atoms with van der Waals surface area (Å²) in [7, 11) is 2.02. The van der Waals surface area contributed by atoms with Crippen molar-refractivity contribution in [1.82, 2.24) is 10.2 Å². The van der Waals surface area contributed by atoms with Crippen LogP contribution in [0.4, 0.5) is 0 Å². The first kappa shape index (κ1) is 11.5. The summed E-state index contributed by atoms with van der Waals surface area (Å²) in [5.74, 6) is 0. The lowest BCUT2D eigenvalue weighted by Gasteiger charge is -2.23. The standard InChI is InChI=1S/C11H21N3/c1-13-10-11-6-5-9-14(11)8-4-2-3-7-12/h11,13H,2-6,8-10H2,1H3. The first-order valence-electron chi connectivity index (χ1n) is 5.64. The van der Waals surface area contributed by atoms with Crippen molar-refractivity contribution in [1.29, 1.82) is 5.26 Å². The lowest BCUT2D eigenvalue weighted by Crippen LogP contribution is -2.37. The van der Waals surface area contributed by atoms with Gasteiger partial charge in [-0.3, -0.25) is 4.90 Å². The van der Waals surface area contributed by atoms with Crippen LogP contribution in [0, 0.1) is 11.3 Å². The number of hydrogen-bond donors (Lipinski definition) is 1. The van der Waals surface area contributed by atoms with Crippen LogP contribution < -0.4 is 5.32 Å². The van der Waals surface area contributed by atoms with Gasteiger partial charge in [0.1, 0.15) is 0 Å². The summed E-state index contributed by atoms with van der Waals surface area (Å²) in [5.41, 5.74) is 0. The van der Waals surface area contributed by atoms with Gasteiger partial charge in [-0.05, 0) is 45.8 Å². The number of likely N-dealkylation sites (N-methyl/N-ethyl adjacent to an activating group) is 1. The third-order valence-corrected chi connectivity index (χ3v) is 2.92. The molecule has 1 heterocycles. The van der Waals surface area contributed by atoms with Gasteiger partial charge in [0.05, 0.1) is 6.07 Å². The molecule has 0 bridgehead atoms. The Morgan fingerprint density at radius 1 is 1.50 bits per heavy atom. The zero-order chi connectivity index (χ0) is 10.2. The van der Waals surface area contributed by atoms with E-state index < -0.39 is 0 Å². The van der Waals surface area contributed by atoms with Gasteiger partial charge in [-0.2, -0.15) is 5.26 Å². The van der Waals surface area contributed by atoms with Crippen molar-refractivity contribution in [2.24, 2.45) is 0 Å². The summed E-state index contributed by atoms with van der Waals surface area (Å²) in [6.45, 7) is 3.53. The van der Waals surface area contributed by atoms with Crippen LogP contribution in [0.25, 0.3) is 0 Å². The fourth-order valence-corrected chi connectivity index (χ4v) is 2.18. The fraction of sp³-hybridized carbons (Fsp3) is 0.909. The molecule has 0 saturated carbocycles. The second-order valence-corrected chi connectivity index (χ2v) is 4.00. The highest BCUT2D eigenvalue weighted by Crippen LogP contribution is 2.17. The van der Waals surface area contributed by atoms with Crippen molar-refractivity contribution >= 4 is 0 Å². The molecule has 3 nitrogen and oxygen atoms in total. The Labute approximate surface area is 87.1 Å². The van der Waals surface area contributed by atoms with E-state index in [0.717, 1.165) is 19.0 Å². The van der Waals surface area contributed by atoms with Crippen molar-refractivity contribution in [3.8, 4) is 6.07 Å². The number of hydrogen-bond acceptors (Lipinski definition) is 3. The van der Waals surface area contributed by atoms with E-state index in [1.54, 1.807) is 0 Å². The van der Waals surface area contributed by atoms with E-state index in [1.807, 2.05) is 7.05 Å². The van der Waals surface area contributed by atoms with Crippen LogP contribution in [-0.2, 0) is 0 Å². The van der Waals surface area contributed by atoms with Gasteiger partial charge in [0, 0.05) is 19.0 Å². The third-order valence-electron chi connectivity index (χ3n) is 2.92. The normalized spacial score (nSPS) is 22.4. The minimum Gasteiger partial charge on any atom is -0.318 e. The monoisotopic (exact) mass is 195 g/mol. The molecule has 0 amide bonds. The molecular weight excluding hydrogens is 174 g/mol. The van der Waals surface area contributed by atoms with E-state index in [4.69, 9.17) is 5.26 Å². The molecule has 1 atom stereocenters. The summed E-state index contributed by atoms with van der Waals surface area (Å²) >= 11 is 0. The average molecular weight is 195 g/mol. The SMILES string of the molecule is CNCC1CCCN1CCCCC#N. The smallest absolute Gasteiger partial charge is 0.0621 e. The molecule has 0 aromatic rings. The number of nitrogens with zero attached hydrogens (tertiary/aromatic N) is 2. The molecule has 80 valence electrons. The fourth-order valence-electron chi connectivity index (χ4n) is 2.18. The highest BCUT2D eigenvalue weighted by Gasteiger charge is 2.22. The van der Waals surface area contributed by atoms with E-state index in [1.165, 1.54) is 32.4 Å². The molecule has 1 aliphatic heterocycles. The number of likely N-dealkylation sites (tertiary alicyclic amines) is 1. The highest BCUT2D eigenvalue weighted by molar-refractivity contribution is 4.80. The predicted octanol–water partition coefficient (Wildman–Crippen LogP) is 1.36. The molecule has 0 aromatic heterocycles. The predicted molar refractivity (Wildman–Crippen MR) is 58.0 cm³/mol. The lowest BCUT2D eigenvalue weighted by atomic mass is 10.2. The summed E-state index contributed by atoms with van der Waals surface area (Å²) in [6, 6.07) is 2.94. The van der Waals surface area contributed by atoms with Gasteiger partial charge >= 0.3 is 0 Å². The zero-order valence-corrected chi connectivity index (χ0v) is 9.13. The van der Waals surface area contributed by atoms with Crippen LogP contribution in [0.15, 0.2) is 0 Å². The molecule has 1 aliphatic rings. The van der Waals surface area contributed by atoms with Crippen molar-refractivity contribution in [2.45, 2.75) is 38.1 Å². The first-order valence-corrected chi connectivity index (χ1v) is 5.64. The third kappa shape index (κ3) is 3.65. The van der Waals surface area contributed by atoms with Crippen LogP contribution in [0.1, 0.15) is 32.1 Å². The van der Waals surface area contributed by atoms with E-state index in [2.05, 4.69) is 16.3 Å². The van der Waals surface area contributed by atoms with Crippen LogP contribution in [-0.4, -0.2) is 37.6 Å². The molecular formula is C11H21N3. The van der Waals surface area contributed by atoms with Crippen LogP contribution in [0.3, 0.4) is 0 Å². The van der Waals surface area contributed by atoms with Crippen molar-refractivity contribution in [3.05, 3.63) is 0 Å². The van der Waals surface area contributed by atoms with Crippen LogP contribution >= 0.6 is 0 Å². The molecule has 0 spiro atoms. The Balaban J connectivity index is 2.13. The summed E-state index contributed by atoms with van der Waals surface area (Å²) in [5, 5.41) is 11.7. The molecule has 1 unspecified atom stereocenters. The number of rotatable bonds is 6. The minimum atomic E-state index is 0.713. The van der Waals surface area contributed by atoms with Crippen molar-refractivity contribution < 1.29 is 0 Å². The highest BCUT2D eigenvalue weighted by atomic mass is 15.2. The Morgan fingerprint density at radius 2 is 2.36 bits per heavy atom. The topological polar surface area (TPSA) is 39.1 Å². The average Bonchev–Trinajstić information content (AvgIpc) is 2.61. The molecule has 0 radical (unpaired) electrons. The molecule has 1 fully saturated rings. The Morgan fingerprint density at radius 3 is 3.07 bits per heavy atom. The summed E-state index contributed by atoms with van der Waals surface area (Å²) < 4.78 is 0. The molecule has 3 heteroatoms. The molecule has 0 aromatic carbocycles. The summed E-state index contributed by atoms with van der Waals surface area (Å²) in [6.07, 6.45) is 5.61. The number of unbranched alkanes of at least 4 members (excludes halogenated alkanes) is 2. The Bertz CT molecular complexity index is 185. The maximum absolute atomic E-state index is 8.42. The van der Waals surface area contributed by atoms with Crippen LogP contribution in [0.2, 0.25) is 0 Å². The van der Waals surface area contributed by atoms with Crippen LogP contribution in [0.5, 0.6) is 0 Å². The van der Waals surface area contributed by atoms with Crippen molar-refractivity contribution in [2.75, 3.05) is 26.7 Å². The molecule has 1 saturated heterocycles. The van der Waals surface area contributed by atoms with Gasteiger partial charge in [0.25, 0.3) is 0 Å². The summed E-state index contributed by atoms with van der Waals surface area (Å²) in [4.78, 5) is 2.56. The maximum Gasteiger partial charge on any atom is 0.0621 e. The van der Waals surface area contributed by atoms with Gasteiger partial charge in [-0.25, -0.2) is 0 Å². The van der Waals surface area contributed by atoms with E-state index in [9.17, 15) is 0 Å². The number of nitriles is 1. The first-order chi connectivity index (χ1) is 6.88. The maximum atomic E-state index is 8.42. The van der Waals surface area contributed by atoms with E-state index in [-0.39, 0.29) is 0 Å². The second-order valence-electron chi connectivity index (χ2n) is 4.00. The second kappa shape index (κ2) is 6.80. The Hall–Kier alpha value is -0.590. The number of nitrogens with one attached hydrogen (secondary N) is 1. The Kier molecular flexibility index (Phi) is 5.58. The molecule has 14 heavy (non-hydrogen) atoms. The van der Waals surface area contributed by atoms with Gasteiger partial charge in [-0.1, -0.05) is 0 Å². The zero-order valence-electron chi connectivity index (χ0n) is 9.13. The molecule has 1 N–H and O–H groups in total. The van der Waals surface area contributed by atoms with Gasteiger partial charge < -0.3 is 5.32 Å². The minimum absolute atomic E-state index is 0.713. The van der Waals surface area contributed by atoms with Gasteiger partial charge in [0.15, 0.2) is 0 Å². The molecule has 1 rings (SSSR count). The van der Waals surface area contributed by atoms with Gasteiger partial charge in [-0.15, -0.1) is 0 Å². The molecule has 0 aliphatic carbocycles. The lowest BCUT2D eigenvalue weighted by molar-refractivity contribution is 0.246. The van der Waals surface area contributed by atoms with Crippen molar-refractivity contribution in [3.63, 3.8) is 0 Å². The quantitative estimate of drug-likeness (QED) is 0.650. The van der Waals surface area contributed by atoms with Gasteiger partial charge in [0.2, 0.25) is 0 Å². The van der Waals surface area contributed by atoms with E-state index in [0.29, 0.717) is 6.42 Å². The largest absolute Gasteiger partial charge is 0.318 e. The van der Waals surface area contributed by atoms with E-state index >= 15 is 0 Å².